The summed E-state index contributed by atoms with van der Waals surface area (Å²) in [5.74, 6) is 0. The molecule has 0 saturated heterocycles. The molecule has 0 aliphatic carbocycles. The zero-order valence-electron chi connectivity index (χ0n) is 30.8. The normalized spacial score (nSPS) is 17.8. The Morgan fingerprint density at radius 3 is 1.98 bits per heavy atom. The lowest BCUT2D eigenvalue weighted by Crippen LogP contribution is -2.28. The van der Waals surface area contributed by atoms with Crippen LogP contribution in [0.15, 0.2) is 194 Å². The van der Waals surface area contributed by atoms with Crippen molar-refractivity contribution in [1.82, 2.24) is 0 Å². The Hall–Kier alpha value is -5.86. The maximum atomic E-state index is 4.69. The van der Waals surface area contributed by atoms with Crippen molar-refractivity contribution in [2.45, 2.75) is 37.5 Å². The van der Waals surface area contributed by atoms with E-state index in [1.807, 2.05) is 7.05 Å². The van der Waals surface area contributed by atoms with Crippen LogP contribution in [-0.2, 0) is 23.7 Å². The van der Waals surface area contributed by atoms with Gasteiger partial charge in [0.1, 0.15) is 0 Å². The number of benzene rings is 6. The van der Waals surface area contributed by atoms with Gasteiger partial charge in [-0.1, -0.05) is 171 Å². The van der Waals surface area contributed by atoms with E-state index in [1.165, 1.54) is 55.2 Å². The fourth-order valence-electron chi connectivity index (χ4n) is 8.36. The molecule has 1 aliphatic rings. The molecule has 0 bridgehead atoms. The van der Waals surface area contributed by atoms with Gasteiger partial charge in [0.2, 0.25) is 0 Å². The van der Waals surface area contributed by atoms with Crippen molar-refractivity contribution in [3.63, 3.8) is 0 Å². The highest BCUT2D eigenvalue weighted by Crippen LogP contribution is 2.52. The number of hydrogen-bond acceptors (Lipinski definition) is 2. The number of rotatable bonds is 11. The first kappa shape index (κ1) is 34.6. The second-order valence-electron chi connectivity index (χ2n) is 14.4. The largest absolute Gasteiger partial charge is 0.388 e. The molecule has 52 heavy (non-hydrogen) atoms. The number of allylic oxidation sites excluding steroid dienone is 9. The summed E-state index contributed by atoms with van der Waals surface area (Å²) in [6.45, 7) is 9.42. The van der Waals surface area contributed by atoms with Crippen LogP contribution in [0.5, 0.6) is 0 Å². The molecule has 0 saturated carbocycles. The molecule has 6 aromatic rings. The summed E-state index contributed by atoms with van der Waals surface area (Å²) in [5, 5.41) is 8.58. The Labute approximate surface area is 309 Å². The average molecular weight is 677 g/mol. The standard InChI is InChI=1S/C50H48N2/c1-37(49(2,35-38-22-12-9-13-23-38)47-42-28-19-17-26-40(42)31-33-44(47)51-4)21-11-7-6-8-16-30-46-50(3,36-39-24-14-10-15-25-39)48-43-29-20-18-27-41(43)32-34-45(48)52(46)5/h6-34,51H,1,35-36H2,2-5H3/b7-6+,16-8+,21-11+,46-30+. The summed E-state index contributed by atoms with van der Waals surface area (Å²) >= 11 is 0. The van der Waals surface area contributed by atoms with Gasteiger partial charge in [-0.15, -0.1) is 0 Å². The third kappa shape index (κ3) is 6.53. The van der Waals surface area contributed by atoms with E-state index in [1.54, 1.807) is 0 Å². The molecule has 1 heterocycles. The van der Waals surface area contributed by atoms with Gasteiger partial charge in [0.15, 0.2) is 0 Å². The lowest BCUT2D eigenvalue weighted by Gasteiger charge is -2.34. The summed E-state index contributed by atoms with van der Waals surface area (Å²) in [6, 6.07) is 48.0. The van der Waals surface area contributed by atoms with Gasteiger partial charge < -0.3 is 10.2 Å². The van der Waals surface area contributed by atoms with Crippen molar-refractivity contribution in [2.24, 2.45) is 0 Å². The van der Waals surface area contributed by atoms with Crippen molar-refractivity contribution in [1.29, 1.82) is 0 Å². The van der Waals surface area contributed by atoms with Crippen LogP contribution in [0.4, 0.5) is 11.4 Å². The minimum Gasteiger partial charge on any atom is -0.388 e. The maximum Gasteiger partial charge on any atom is 0.0454 e. The molecule has 1 N–H and O–H groups in total. The molecule has 258 valence electrons. The number of nitrogens with zero attached hydrogens (tertiary/aromatic N) is 1. The van der Waals surface area contributed by atoms with E-state index >= 15 is 0 Å². The van der Waals surface area contributed by atoms with Gasteiger partial charge in [0, 0.05) is 42.0 Å². The van der Waals surface area contributed by atoms with Gasteiger partial charge >= 0.3 is 0 Å². The van der Waals surface area contributed by atoms with E-state index in [4.69, 9.17) is 0 Å². The highest BCUT2D eigenvalue weighted by molar-refractivity contribution is 5.95. The van der Waals surface area contributed by atoms with Crippen LogP contribution >= 0.6 is 0 Å². The lowest BCUT2D eigenvalue weighted by atomic mass is 9.69. The second-order valence-corrected chi connectivity index (χ2v) is 14.4. The molecule has 0 fully saturated rings. The minimum atomic E-state index is -0.347. The van der Waals surface area contributed by atoms with Crippen molar-refractivity contribution >= 4 is 32.9 Å². The first-order valence-corrected chi connectivity index (χ1v) is 18.3. The van der Waals surface area contributed by atoms with E-state index in [0.29, 0.717) is 0 Å². The molecule has 2 atom stereocenters. The van der Waals surface area contributed by atoms with Gasteiger partial charge in [0.25, 0.3) is 0 Å². The van der Waals surface area contributed by atoms with E-state index in [9.17, 15) is 0 Å². The lowest BCUT2D eigenvalue weighted by molar-refractivity contribution is 0.571. The summed E-state index contributed by atoms with van der Waals surface area (Å²) < 4.78 is 0. The molecule has 0 aromatic heterocycles. The third-order valence-corrected chi connectivity index (χ3v) is 11.0. The highest BCUT2D eigenvalue weighted by atomic mass is 15.2. The van der Waals surface area contributed by atoms with Crippen LogP contribution in [-0.4, -0.2) is 14.1 Å². The van der Waals surface area contributed by atoms with Crippen LogP contribution in [0.2, 0.25) is 0 Å². The van der Waals surface area contributed by atoms with E-state index in [2.05, 4.69) is 214 Å². The molecule has 2 nitrogen and oxygen atoms in total. The summed E-state index contributed by atoms with van der Waals surface area (Å²) in [6.07, 6.45) is 16.9. The molecule has 0 radical (unpaired) electrons. The number of nitrogens with one attached hydrogen (secondary N) is 1. The maximum absolute atomic E-state index is 4.69. The predicted octanol–water partition coefficient (Wildman–Crippen LogP) is 12.3. The van der Waals surface area contributed by atoms with Crippen LogP contribution in [0, 0.1) is 0 Å². The van der Waals surface area contributed by atoms with E-state index in [-0.39, 0.29) is 10.8 Å². The Balaban J connectivity index is 1.17. The second kappa shape index (κ2) is 14.8. The van der Waals surface area contributed by atoms with Gasteiger partial charge in [-0.05, 0) is 87.3 Å². The molecule has 0 spiro atoms. The summed E-state index contributed by atoms with van der Waals surface area (Å²) in [7, 11) is 4.21. The molecule has 0 amide bonds. The predicted molar refractivity (Wildman–Crippen MR) is 225 cm³/mol. The number of fused-ring (bicyclic) bond motifs is 4. The van der Waals surface area contributed by atoms with Gasteiger partial charge in [-0.3, -0.25) is 0 Å². The quantitative estimate of drug-likeness (QED) is 0.137. The Bertz CT molecular complexity index is 2340. The number of anilines is 2. The third-order valence-electron chi connectivity index (χ3n) is 11.0. The van der Waals surface area contributed by atoms with E-state index < -0.39 is 0 Å². The first-order chi connectivity index (χ1) is 25.3. The molecular weight excluding hydrogens is 629 g/mol. The zero-order chi connectivity index (χ0) is 36.1. The van der Waals surface area contributed by atoms with Crippen molar-refractivity contribution in [2.75, 3.05) is 24.3 Å². The molecule has 6 aromatic carbocycles. The molecule has 1 aliphatic heterocycles. The van der Waals surface area contributed by atoms with Gasteiger partial charge in [0.05, 0.1) is 0 Å². The van der Waals surface area contributed by atoms with Crippen LogP contribution < -0.4 is 10.2 Å². The summed E-state index contributed by atoms with van der Waals surface area (Å²) in [4.78, 5) is 2.38. The topological polar surface area (TPSA) is 15.3 Å². The average Bonchev–Trinajstić information content (AvgIpc) is 3.39. The Morgan fingerprint density at radius 2 is 1.27 bits per heavy atom. The van der Waals surface area contributed by atoms with Gasteiger partial charge in [-0.2, -0.15) is 0 Å². The molecular formula is C50H48N2. The molecule has 2 unspecified atom stereocenters. The van der Waals surface area contributed by atoms with Crippen molar-refractivity contribution in [3.05, 3.63) is 216 Å². The molecule has 7 rings (SSSR count). The fourth-order valence-corrected chi connectivity index (χ4v) is 8.36. The van der Waals surface area contributed by atoms with E-state index in [0.717, 1.165) is 24.1 Å². The first-order valence-electron chi connectivity index (χ1n) is 18.3. The van der Waals surface area contributed by atoms with Crippen LogP contribution in [0.3, 0.4) is 0 Å². The smallest absolute Gasteiger partial charge is 0.0454 e. The fraction of sp³-hybridized carbons (Fsp3) is 0.160. The SMILES string of the molecule is C=C(/C=C/C=C/C=C/C=C1/N(C)c2ccc3ccccc3c2C1(C)Cc1ccccc1)C(C)(Cc1ccccc1)c1c(NC)ccc2ccccc12. The van der Waals surface area contributed by atoms with Gasteiger partial charge in [-0.25, -0.2) is 0 Å². The Kier molecular flexibility index (Phi) is 9.83. The summed E-state index contributed by atoms with van der Waals surface area (Å²) in [5.41, 5.74) is 9.53. The highest BCUT2D eigenvalue weighted by Gasteiger charge is 2.43. The van der Waals surface area contributed by atoms with Crippen LogP contribution in [0.25, 0.3) is 21.5 Å². The van der Waals surface area contributed by atoms with Crippen molar-refractivity contribution in [3.8, 4) is 0 Å². The Morgan fingerprint density at radius 1 is 0.692 bits per heavy atom. The monoisotopic (exact) mass is 676 g/mol. The zero-order valence-corrected chi connectivity index (χ0v) is 30.8. The number of hydrogen-bond donors (Lipinski definition) is 1. The van der Waals surface area contributed by atoms with Crippen molar-refractivity contribution < 1.29 is 0 Å². The minimum absolute atomic E-state index is 0.185. The molecule has 2 heteroatoms. The number of likely N-dealkylation sites (N-methyl/N-ethyl adjacent to an activating group) is 1. The van der Waals surface area contributed by atoms with Crippen LogP contribution in [0.1, 0.15) is 36.1 Å².